The van der Waals surface area contributed by atoms with E-state index in [1.807, 2.05) is 6.92 Å². The number of rotatable bonds is 4. The fraction of sp³-hybridized carbons (Fsp3) is 0.417. The molecule has 1 aromatic carbocycles. The van der Waals surface area contributed by atoms with Gasteiger partial charge in [-0.15, -0.1) is 0 Å². The molecule has 0 spiro atoms. The van der Waals surface area contributed by atoms with Gasteiger partial charge in [-0.3, -0.25) is 0 Å². The molecule has 1 N–H and O–H groups in total. The van der Waals surface area contributed by atoms with Crippen molar-refractivity contribution in [1.29, 1.82) is 0 Å². The van der Waals surface area contributed by atoms with Gasteiger partial charge >= 0.3 is 5.97 Å². The summed E-state index contributed by atoms with van der Waals surface area (Å²) in [5.41, 5.74) is 0.823. The van der Waals surface area contributed by atoms with Gasteiger partial charge in [-0.05, 0) is 25.0 Å². The van der Waals surface area contributed by atoms with Crippen molar-refractivity contribution in [3.63, 3.8) is 0 Å². The van der Waals surface area contributed by atoms with Gasteiger partial charge in [-0.2, -0.15) is 0 Å². The molecule has 16 heavy (non-hydrogen) atoms. The summed E-state index contributed by atoms with van der Waals surface area (Å²) < 4.78 is 9.95. The Morgan fingerprint density at radius 1 is 1.44 bits per heavy atom. The summed E-state index contributed by atoms with van der Waals surface area (Å²) in [5, 5.41) is 9.69. The van der Waals surface area contributed by atoms with Gasteiger partial charge in [-0.25, -0.2) is 4.79 Å². The third-order valence-electron chi connectivity index (χ3n) is 2.15. The number of methoxy groups -OCH3 is 1. The summed E-state index contributed by atoms with van der Waals surface area (Å²) in [6.07, 6.45) is 0.887. The minimum Gasteiger partial charge on any atom is -0.507 e. The van der Waals surface area contributed by atoms with Crippen LogP contribution in [0, 0.1) is 6.92 Å². The van der Waals surface area contributed by atoms with E-state index in [9.17, 15) is 9.90 Å². The van der Waals surface area contributed by atoms with E-state index in [0.717, 1.165) is 6.42 Å². The lowest BCUT2D eigenvalue weighted by molar-refractivity contribution is 0.0596. The van der Waals surface area contributed by atoms with Crippen molar-refractivity contribution >= 4 is 5.97 Å². The van der Waals surface area contributed by atoms with E-state index in [0.29, 0.717) is 17.9 Å². The molecule has 0 aromatic heterocycles. The average molecular weight is 224 g/mol. The van der Waals surface area contributed by atoms with Crippen molar-refractivity contribution in [2.45, 2.75) is 20.3 Å². The van der Waals surface area contributed by atoms with Crippen LogP contribution in [-0.4, -0.2) is 24.8 Å². The van der Waals surface area contributed by atoms with Crippen LogP contribution >= 0.6 is 0 Å². The molecule has 0 saturated carbocycles. The van der Waals surface area contributed by atoms with E-state index in [2.05, 4.69) is 4.74 Å². The summed E-state index contributed by atoms with van der Waals surface area (Å²) in [5.74, 6) is -0.0977. The molecule has 0 fully saturated rings. The normalized spacial score (nSPS) is 9.94. The molecule has 0 aliphatic heterocycles. The van der Waals surface area contributed by atoms with Gasteiger partial charge in [0.2, 0.25) is 0 Å². The van der Waals surface area contributed by atoms with Crippen LogP contribution in [0.25, 0.3) is 0 Å². The first-order chi connectivity index (χ1) is 7.60. The van der Waals surface area contributed by atoms with Crippen molar-refractivity contribution in [3.05, 3.63) is 23.3 Å². The highest BCUT2D eigenvalue weighted by Gasteiger charge is 2.16. The number of phenolic OH excluding ortho intramolecular Hbond substituents is 1. The largest absolute Gasteiger partial charge is 0.507 e. The number of hydrogen-bond acceptors (Lipinski definition) is 4. The lowest BCUT2D eigenvalue weighted by Gasteiger charge is -2.10. The molecule has 0 radical (unpaired) electrons. The Balaban J connectivity index is 3.02. The molecule has 1 rings (SSSR count). The molecule has 88 valence electrons. The van der Waals surface area contributed by atoms with Crippen molar-refractivity contribution in [3.8, 4) is 11.5 Å². The average Bonchev–Trinajstić information content (AvgIpc) is 2.25. The SMILES string of the molecule is CCCOc1cc(C)c(C(=O)OC)c(O)c1. The van der Waals surface area contributed by atoms with Crippen LogP contribution in [0.1, 0.15) is 29.3 Å². The predicted octanol–water partition coefficient (Wildman–Crippen LogP) is 2.28. The molecule has 4 heteroatoms. The molecule has 0 aliphatic carbocycles. The van der Waals surface area contributed by atoms with Crippen molar-refractivity contribution in [2.24, 2.45) is 0 Å². The molecule has 0 bridgehead atoms. The second kappa shape index (κ2) is 5.39. The number of aromatic hydroxyl groups is 1. The monoisotopic (exact) mass is 224 g/mol. The van der Waals surface area contributed by atoms with Crippen molar-refractivity contribution in [2.75, 3.05) is 13.7 Å². The molecule has 4 nitrogen and oxygen atoms in total. The molecule has 0 aliphatic rings. The molecule has 0 heterocycles. The van der Waals surface area contributed by atoms with E-state index in [-0.39, 0.29) is 11.3 Å². The van der Waals surface area contributed by atoms with Gasteiger partial charge in [0.05, 0.1) is 13.7 Å². The Morgan fingerprint density at radius 2 is 2.12 bits per heavy atom. The summed E-state index contributed by atoms with van der Waals surface area (Å²) in [6, 6.07) is 3.14. The van der Waals surface area contributed by atoms with Crippen LogP contribution in [0.5, 0.6) is 11.5 Å². The maximum Gasteiger partial charge on any atom is 0.341 e. The number of ether oxygens (including phenoxy) is 2. The van der Waals surface area contributed by atoms with Gasteiger partial charge < -0.3 is 14.6 Å². The van der Waals surface area contributed by atoms with Crippen LogP contribution in [-0.2, 0) is 4.74 Å². The second-order valence-electron chi connectivity index (χ2n) is 3.47. The summed E-state index contributed by atoms with van der Waals surface area (Å²) in [4.78, 5) is 11.4. The van der Waals surface area contributed by atoms with Crippen LogP contribution in [0.3, 0.4) is 0 Å². The van der Waals surface area contributed by atoms with Gasteiger partial charge in [0, 0.05) is 6.07 Å². The first kappa shape index (κ1) is 12.4. The van der Waals surface area contributed by atoms with Crippen molar-refractivity contribution in [1.82, 2.24) is 0 Å². The van der Waals surface area contributed by atoms with Crippen LogP contribution in [0.2, 0.25) is 0 Å². The quantitative estimate of drug-likeness (QED) is 0.797. The third kappa shape index (κ3) is 2.66. The first-order valence-electron chi connectivity index (χ1n) is 5.14. The zero-order valence-electron chi connectivity index (χ0n) is 9.74. The van der Waals surface area contributed by atoms with Gasteiger partial charge in [0.1, 0.15) is 17.1 Å². The fourth-order valence-corrected chi connectivity index (χ4v) is 1.41. The topological polar surface area (TPSA) is 55.8 Å². The minimum absolute atomic E-state index is 0.113. The number of esters is 1. The predicted molar refractivity (Wildman–Crippen MR) is 60.0 cm³/mol. The van der Waals surface area contributed by atoms with E-state index >= 15 is 0 Å². The van der Waals surface area contributed by atoms with E-state index in [4.69, 9.17) is 4.74 Å². The maximum absolute atomic E-state index is 11.4. The van der Waals surface area contributed by atoms with Crippen molar-refractivity contribution < 1.29 is 19.4 Å². The second-order valence-corrected chi connectivity index (χ2v) is 3.47. The van der Waals surface area contributed by atoms with Gasteiger partial charge in [-0.1, -0.05) is 6.92 Å². The molecule has 1 aromatic rings. The number of hydrogen-bond donors (Lipinski definition) is 1. The zero-order valence-corrected chi connectivity index (χ0v) is 9.74. The highest BCUT2D eigenvalue weighted by Crippen LogP contribution is 2.28. The summed E-state index contributed by atoms with van der Waals surface area (Å²) in [7, 11) is 1.28. The lowest BCUT2D eigenvalue weighted by Crippen LogP contribution is -2.05. The fourth-order valence-electron chi connectivity index (χ4n) is 1.41. The highest BCUT2D eigenvalue weighted by molar-refractivity contribution is 5.94. The molecule has 0 atom stereocenters. The smallest absolute Gasteiger partial charge is 0.341 e. The molecule has 0 amide bonds. The highest BCUT2D eigenvalue weighted by atomic mass is 16.5. The Kier molecular flexibility index (Phi) is 4.17. The first-order valence-corrected chi connectivity index (χ1v) is 5.14. The minimum atomic E-state index is -0.544. The number of carbonyl (C=O) groups is 1. The molecule has 0 saturated heterocycles. The number of carbonyl (C=O) groups excluding carboxylic acids is 1. The maximum atomic E-state index is 11.4. The number of phenols is 1. The van der Waals surface area contributed by atoms with Gasteiger partial charge in [0.15, 0.2) is 0 Å². The van der Waals surface area contributed by atoms with Crippen LogP contribution < -0.4 is 4.74 Å². The molecule has 0 unspecified atom stereocenters. The van der Waals surface area contributed by atoms with Crippen LogP contribution in [0.15, 0.2) is 12.1 Å². The zero-order chi connectivity index (χ0) is 12.1. The third-order valence-corrected chi connectivity index (χ3v) is 2.15. The summed E-state index contributed by atoms with van der Waals surface area (Å²) in [6.45, 7) is 4.30. The Hall–Kier alpha value is -1.71. The molecular weight excluding hydrogens is 208 g/mol. The Morgan fingerprint density at radius 3 is 2.62 bits per heavy atom. The van der Waals surface area contributed by atoms with E-state index < -0.39 is 5.97 Å². The van der Waals surface area contributed by atoms with Crippen LogP contribution in [0.4, 0.5) is 0 Å². The lowest BCUT2D eigenvalue weighted by atomic mass is 10.1. The Bertz CT molecular complexity index is 362. The standard InChI is InChI=1S/C12H16O4/c1-4-5-16-9-6-8(2)11(10(13)7-9)12(14)15-3/h6-7,13H,4-5H2,1-3H3. The summed E-state index contributed by atoms with van der Waals surface area (Å²) >= 11 is 0. The van der Waals surface area contributed by atoms with E-state index in [1.165, 1.54) is 13.2 Å². The van der Waals surface area contributed by atoms with Gasteiger partial charge in [0.25, 0.3) is 0 Å². The van der Waals surface area contributed by atoms with E-state index in [1.54, 1.807) is 13.0 Å². The molecular formula is C12H16O4. The number of aryl methyl sites for hydroxylation is 1. The Labute approximate surface area is 94.8 Å². The number of benzene rings is 1.